The van der Waals surface area contributed by atoms with Gasteiger partial charge >= 0.3 is 0 Å². The minimum Gasteiger partial charge on any atom is -0.496 e. The molecule has 0 bridgehead atoms. The summed E-state index contributed by atoms with van der Waals surface area (Å²) in [5, 5.41) is 5.43. The lowest BCUT2D eigenvalue weighted by Gasteiger charge is -2.19. The van der Waals surface area contributed by atoms with Crippen molar-refractivity contribution in [2.45, 2.75) is 19.9 Å². The first-order chi connectivity index (χ1) is 9.62. The molecule has 1 aromatic heterocycles. The van der Waals surface area contributed by atoms with Gasteiger partial charge in [0.1, 0.15) is 11.5 Å². The number of nitrogens with one attached hydrogen (secondary N) is 1. The molecule has 0 radical (unpaired) electrons. The van der Waals surface area contributed by atoms with Gasteiger partial charge in [0.15, 0.2) is 0 Å². The fraction of sp³-hybridized carbons (Fsp3) is 0.375. The van der Waals surface area contributed by atoms with Crippen LogP contribution in [-0.2, 0) is 0 Å². The maximum Gasteiger partial charge on any atom is 0.134 e. The fourth-order valence-corrected chi connectivity index (χ4v) is 3.61. The monoisotopic (exact) mass is 291 g/mol. The van der Waals surface area contributed by atoms with E-state index in [1.807, 2.05) is 13.1 Å². The average molecular weight is 291 g/mol. The Morgan fingerprint density at radius 2 is 1.75 bits per heavy atom. The van der Waals surface area contributed by atoms with Crippen LogP contribution in [0.1, 0.15) is 27.6 Å². The van der Waals surface area contributed by atoms with Crippen LogP contribution in [-0.4, -0.2) is 21.3 Å². The van der Waals surface area contributed by atoms with Gasteiger partial charge in [-0.15, -0.1) is 11.3 Å². The van der Waals surface area contributed by atoms with Gasteiger partial charge < -0.3 is 14.8 Å². The van der Waals surface area contributed by atoms with Crippen molar-refractivity contribution in [3.8, 4) is 11.5 Å². The molecule has 0 fully saturated rings. The van der Waals surface area contributed by atoms with E-state index < -0.39 is 0 Å². The molecular weight excluding hydrogens is 270 g/mol. The fourth-order valence-electron chi connectivity index (χ4n) is 2.61. The van der Waals surface area contributed by atoms with E-state index in [1.165, 1.54) is 10.4 Å². The van der Waals surface area contributed by atoms with Gasteiger partial charge in [-0.3, -0.25) is 0 Å². The molecule has 1 N–H and O–H groups in total. The summed E-state index contributed by atoms with van der Waals surface area (Å²) in [4.78, 5) is 1.19. The topological polar surface area (TPSA) is 30.5 Å². The van der Waals surface area contributed by atoms with Crippen molar-refractivity contribution in [1.82, 2.24) is 5.32 Å². The van der Waals surface area contributed by atoms with Crippen LogP contribution in [0.3, 0.4) is 0 Å². The van der Waals surface area contributed by atoms with E-state index in [2.05, 4.69) is 36.7 Å². The third kappa shape index (κ3) is 2.67. The second kappa shape index (κ2) is 6.29. The van der Waals surface area contributed by atoms with Gasteiger partial charge in [-0.1, -0.05) is 12.1 Å². The van der Waals surface area contributed by atoms with Crippen molar-refractivity contribution >= 4 is 11.3 Å². The quantitative estimate of drug-likeness (QED) is 0.911. The zero-order valence-corrected chi connectivity index (χ0v) is 13.4. The first kappa shape index (κ1) is 14.9. The number of hydrogen-bond acceptors (Lipinski definition) is 4. The second-order valence-corrected chi connectivity index (χ2v) is 5.71. The maximum atomic E-state index is 5.44. The van der Waals surface area contributed by atoms with E-state index in [0.717, 1.165) is 22.6 Å². The predicted octanol–water partition coefficient (Wildman–Crippen LogP) is 3.69. The third-order valence-corrected chi connectivity index (χ3v) is 4.41. The van der Waals surface area contributed by atoms with Crippen molar-refractivity contribution in [3.63, 3.8) is 0 Å². The molecular formula is C16H21NO2S. The number of rotatable bonds is 5. The van der Waals surface area contributed by atoms with Crippen molar-refractivity contribution in [1.29, 1.82) is 0 Å². The summed E-state index contributed by atoms with van der Waals surface area (Å²) in [6, 6.07) is 6.49. The molecule has 0 aliphatic carbocycles. The van der Waals surface area contributed by atoms with Gasteiger partial charge in [0.25, 0.3) is 0 Å². The SMILES string of the molecule is CNC(c1cc(C)c(OC)c(C)c1)c1sccc1OC. The van der Waals surface area contributed by atoms with Crippen molar-refractivity contribution in [3.05, 3.63) is 45.1 Å². The molecule has 0 aliphatic heterocycles. The van der Waals surface area contributed by atoms with Crippen molar-refractivity contribution < 1.29 is 9.47 Å². The molecule has 20 heavy (non-hydrogen) atoms. The Hall–Kier alpha value is -1.52. The first-order valence-corrected chi connectivity index (χ1v) is 7.44. The largest absolute Gasteiger partial charge is 0.496 e. The third-order valence-electron chi connectivity index (χ3n) is 3.45. The molecule has 1 atom stereocenters. The first-order valence-electron chi connectivity index (χ1n) is 6.56. The Morgan fingerprint density at radius 3 is 2.25 bits per heavy atom. The van der Waals surface area contributed by atoms with Gasteiger partial charge in [-0.05, 0) is 49.0 Å². The molecule has 108 valence electrons. The Morgan fingerprint density at radius 1 is 1.10 bits per heavy atom. The van der Waals surface area contributed by atoms with Crippen LogP contribution in [0.4, 0.5) is 0 Å². The van der Waals surface area contributed by atoms with E-state index in [0.29, 0.717) is 0 Å². The van der Waals surface area contributed by atoms with Gasteiger partial charge in [0.2, 0.25) is 0 Å². The van der Waals surface area contributed by atoms with Crippen LogP contribution < -0.4 is 14.8 Å². The summed E-state index contributed by atoms with van der Waals surface area (Å²) >= 11 is 1.70. The van der Waals surface area contributed by atoms with Crippen molar-refractivity contribution in [2.24, 2.45) is 0 Å². The standard InChI is InChI=1S/C16H21NO2S/c1-10-8-12(9-11(2)15(10)19-5)14(17-3)16-13(18-4)6-7-20-16/h6-9,14,17H,1-5H3. The Labute approximate surface area is 124 Å². The molecule has 2 rings (SSSR count). The van der Waals surface area contributed by atoms with Gasteiger partial charge in [0, 0.05) is 0 Å². The van der Waals surface area contributed by atoms with E-state index in [1.54, 1.807) is 25.6 Å². The number of hydrogen-bond donors (Lipinski definition) is 1. The van der Waals surface area contributed by atoms with E-state index in [4.69, 9.17) is 9.47 Å². The molecule has 2 aromatic rings. The lowest BCUT2D eigenvalue weighted by Crippen LogP contribution is -2.17. The van der Waals surface area contributed by atoms with Crippen LogP contribution >= 0.6 is 11.3 Å². The summed E-state index contributed by atoms with van der Waals surface area (Å²) in [7, 11) is 5.40. The number of ether oxygens (including phenoxy) is 2. The van der Waals surface area contributed by atoms with Crippen LogP contribution in [0, 0.1) is 13.8 Å². The Kier molecular flexibility index (Phi) is 4.68. The van der Waals surface area contributed by atoms with Gasteiger partial charge in [-0.2, -0.15) is 0 Å². The number of thiophene rings is 1. The number of methoxy groups -OCH3 is 2. The Bertz CT molecular complexity index is 569. The average Bonchev–Trinajstić information content (AvgIpc) is 2.87. The molecule has 3 nitrogen and oxygen atoms in total. The number of aryl methyl sites for hydroxylation is 2. The molecule has 0 saturated carbocycles. The van der Waals surface area contributed by atoms with E-state index >= 15 is 0 Å². The van der Waals surface area contributed by atoms with Crippen LogP contribution in [0.5, 0.6) is 11.5 Å². The summed E-state index contributed by atoms with van der Waals surface area (Å²) in [5.41, 5.74) is 3.53. The lowest BCUT2D eigenvalue weighted by atomic mass is 9.99. The normalized spacial score (nSPS) is 12.2. The molecule has 4 heteroatoms. The van der Waals surface area contributed by atoms with Crippen LogP contribution in [0.2, 0.25) is 0 Å². The minimum absolute atomic E-state index is 0.133. The summed E-state index contributed by atoms with van der Waals surface area (Å²) in [6.07, 6.45) is 0. The smallest absolute Gasteiger partial charge is 0.134 e. The summed E-state index contributed by atoms with van der Waals surface area (Å²) in [5.74, 6) is 1.89. The summed E-state index contributed by atoms with van der Waals surface area (Å²) < 4.78 is 10.9. The Balaban J connectivity index is 2.48. The highest BCUT2D eigenvalue weighted by Gasteiger charge is 2.19. The zero-order chi connectivity index (χ0) is 14.7. The molecule has 0 saturated heterocycles. The van der Waals surface area contributed by atoms with E-state index in [9.17, 15) is 0 Å². The van der Waals surface area contributed by atoms with Crippen LogP contribution in [0.15, 0.2) is 23.6 Å². The minimum atomic E-state index is 0.133. The molecule has 1 aromatic carbocycles. The highest BCUT2D eigenvalue weighted by Crippen LogP contribution is 2.36. The predicted molar refractivity (Wildman–Crippen MR) is 84.2 cm³/mol. The summed E-state index contributed by atoms with van der Waals surface area (Å²) in [6.45, 7) is 4.15. The van der Waals surface area contributed by atoms with Crippen LogP contribution in [0.25, 0.3) is 0 Å². The number of benzene rings is 1. The van der Waals surface area contributed by atoms with Gasteiger partial charge in [0.05, 0.1) is 25.1 Å². The zero-order valence-electron chi connectivity index (χ0n) is 12.6. The van der Waals surface area contributed by atoms with Gasteiger partial charge in [-0.25, -0.2) is 0 Å². The molecule has 0 aliphatic rings. The maximum absolute atomic E-state index is 5.44. The highest BCUT2D eigenvalue weighted by molar-refractivity contribution is 7.10. The lowest BCUT2D eigenvalue weighted by molar-refractivity contribution is 0.406. The molecule has 0 spiro atoms. The van der Waals surface area contributed by atoms with E-state index in [-0.39, 0.29) is 6.04 Å². The molecule has 1 unspecified atom stereocenters. The molecule has 1 heterocycles. The van der Waals surface area contributed by atoms with Crippen molar-refractivity contribution in [2.75, 3.05) is 21.3 Å². The highest BCUT2D eigenvalue weighted by atomic mass is 32.1. The second-order valence-electron chi connectivity index (χ2n) is 4.76. The molecule has 0 amide bonds.